The van der Waals surface area contributed by atoms with E-state index in [1.54, 1.807) is 13.2 Å². The van der Waals surface area contributed by atoms with Gasteiger partial charge in [-0.1, -0.05) is 17.3 Å². The summed E-state index contributed by atoms with van der Waals surface area (Å²) in [5, 5.41) is 6.61. The number of benzene rings is 1. The van der Waals surface area contributed by atoms with E-state index in [1.807, 2.05) is 45.0 Å². The van der Waals surface area contributed by atoms with Crippen molar-refractivity contribution < 1.29 is 18.8 Å². The van der Waals surface area contributed by atoms with Gasteiger partial charge in [0.2, 0.25) is 0 Å². The highest BCUT2D eigenvalue weighted by atomic mass is 16.6. The topological polar surface area (TPSA) is 73.6 Å². The monoisotopic (exact) mass is 304 g/mol. The van der Waals surface area contributed by atoms with Gasteiger partial charge >= 0.3 is 6.09 Å². The van der Waals surface area contributed by atoms with Gasteiger partial charge in [-0.25, -0.2) is 4.79 Å². The van der Waals surface area contributed by atoms with Gasteiger partial charge in [-0.2, -0.15) is 0 Å². The predicted molar refractivity (Wildman–Crippen MR) is 81.6 cm³/mol. The Morgan fingerprint density at radius 2 is 2.09 bits per heavy atom. The molecule has 22 heavy (non-hydrogen) atoms. The molecule has 0 bridgehead atoms. The largest absolute Gasteiger partial charge is 0.497 e. The van der Waals surface area contributed by atoms with Gasteiger partial charge in [-0.3, -0.25) is 0 Å². The van der Waals surface area contributed by atoms with Crippen molar-refractivity contribution in [3.8, 4) is 17.0 Å². The Balaban J connectivity index is 1.98. The third-order valence-electron chi connectivity index (χ3n) is 2.73. The minimum Gasteiger partial charge on any atom is -0.497 e. The van der Waals surface area contributed by atoms with Gasteiger partial charge in [0, 0.05) is 11.6 Å². The number of nitrogens with zero attached hydrogens (tertiary/aromatic N) is 1. The van der Waals surface area contributed by atoms with Crippen LogP contribution in [0.4, 0.5) is 4.79 Å². The Morgan fingerprint density at radius 3 is 2.77 bits per heavy atom. The Bertz CT molecular complexity index is 644. The number of ether oxygens (including phenoxy) is 2. The summed E-state index contributed by atoms with van der Waals surface area (Å²) in [7, 11) is 1.61. The van der Waals surface area contributed by atoms with Crippen molar-refractivity contribution in [2.24, 2.45) is 0 Å². The molecule has 0 spiro atoms. The minimum atomic E-state index is -0.531. The maximum atomic E-state index is 11.6. The molecule has 0 fully saturated rings. The van der Waals surface area contributed by atoms with Crippen molar-refractivity contribution in [1.82, 2.24) is 10.5 Å². The molecule has 2 rings (SSSR count). The first-order chi connectivity index (χ1) is 10.4. The maximum Gasteiger partial charge on any atom is 0.408 e. The van der Waals surface area contributed by atoms with E-state index in [1.165, 1.54) is 0 Å². The quantitative estimate of drug-likeness (QED) is 0.937. The maximum absolute atomic E-state index is 11.6. The highest BCUT2D eigenvalue weighted by Gasteiger charge is 2.16. The number of methoxy groups -OCH3 is 1. The Labute approximate surface area is 129 Å². The number of carbonyl (C=O) groups excluding carboxylic acids is 1. The van der Waals surface area contributed by atoms with Crippen molar-refractivity contribution in [3.63, 3.8) is 0 Å². The summed E-state index contributed by atoms with van der Waals surface area (Å²) >= 11 is 0. The number of nitrogens with one attached hydrogen (secondary N) is 1. The first kappa shape index (κ1) is 15.9. The van der Waals surface area contributed by atoms with Crippen LogP contribution in [-0.2, 0) is 11.3 Å². The molecule has 1 heterocycles. The fourth-order valence-electron chi connectivity index (χ4n) is 1.79. The van der Waals surface area contributed by atoms with Gasteiger partial charge in [-0.15, -0.1) is 0 Å². The van der Waals surface area contributed by atoms with Crippen molar-refractivity contribution in [3.05, 3.63) is 36.1 Å². The third-order valence-corrected chi connectivity index (χ3v) is 2.73. The van der Waals surface area contributed by atoms with Crippen LogP contribution in [0.15, 0.2) is 34.9 Å². The van der Waals surface area contributed by atoms with E-state index in [-0.39, 0.29) is 6.54 Å². The molecular formula is C16H20N2O4. The molecule has 1 aromatic carbocycles. The highest BCUT2D eigenvalue weighted by Crippen LogP contribution is 2.23. The van der Waals surface area contributed by atoms with E-state index in [9.17, 15) is 4.79 Å². The molecule has 1 aromatic heterocycles. The third kappa shape index (κ3) is 4.51. The molecule has 0 aliphatic carbocycles. The van der Waals surface area contributed by atoms with E-state index in [4.69, 9.17) is 14.0 Å². The lowest BCUT2D eigenvalue weighted by molar-refractivity contribution is 0.0519. The van der Waals surface area contributed by atoms with Gasteiger partial charge < -0.3 is 19.3 Å². The molecule has 0 aliphatic heterocycles. The van der Waals surface area contributed by atoms with Crippen LogP contribution in [0, 0.1) is 0 Å². The molecule has 1 N–H and O–H groups in total. The minimum absolute atomic E-state index is 0.214. The number of amides is 1. The Hall–Kier alpha value is -2.50. The van der Waals surface area contributed by atoms with Gasteiger partial charge in [0.1, 0.15) is 17.0 Å². The first-order valence-electron chi connectivity index (χ1n) is 6.94. The fourth-order valence-corrected chi connectivity index (χ4v) is 1.79. The van der Waals surface area contributed by atoms with Crippen molar-refractivity contribution in [2.75, 3.05) is 7.11 Å². The van der Waals surface area contributed by atoms with Gasteiger partial charge in [-0.05, 0) is 32.9 Å². The van der Waals surface area contributed by atoms with Crippen LogP contribution in [0.3, 0.4) is 0 Å². The number of rotatable bonds is 4. The zero-order chi connectivity index (χ0) is 16.2. The van der Waals surface area contributed by atoms with Crippen LogP contribution in [0.5, 0.6) is 5.75 Å². The van der Waals surface area contributed by atoms with Crippen molar-refractivity contribution in [1.29, 1.82) is 0 Å². The number of alkyl carbamates (subject to hydrolysis) is 1. The van der Waals surface area contributed by atoms with E-state index in [2.05, 4.69) is 10.5 Å². The molecule has 0 saturated heterocycles. The average molecular weight is 304 g/mol. The lowest BCUT2D eigenvalue weighted by Gasteiger charge is -2.19. The summed E-state index contributed by atoms with van der Waals surface area (Å²) in [4.78, 5) is 11.6. The smallest absolute Gasteiger partial charge is 0.408 e. The zero-order valence-corrected chi connectivity index (χ0v) is 13.2. The molecule has 6 heteroatoms. The lowest BCUT2D eigenvalue weighted by atomic mass is 10.1. The summed E-state index contributed by atoms with van der Waals surface area (Å²) in [5.41, 5.74) is 1.03. The zero-order valence-electron chi connectivity index (χ0n) is 13.2. The molecule has 1 amide bonds. The molecule has 0 saturated carbocycles. The van der Waals surface area contributed by atoms with Crippen LogP contribution >= 0.6 is 0 Å². The molecule has 0 aliphatic rings. The Morgan fingerprint density at radius 1 is 1.32 bits per heavy atom. The molecule has 6 nitrogen and oxygen atoms in total. The van der Waals surface area contributed by atoms with Gasteiger partial charge in [0.25, 0.3) is 0 Å². The molecule has 118 valence electrons. The summed E-state index contributed by atoms with van der Waals surface area (Å²) < 4.78 is 15.5. The average Bonchev–Trinajstić information content (AvgIpc) is 2.92. The van der Waals surface area contributed by atoms with E-state index in [0.29, 0.717) is 11.5 Å². The fraction of sp³-hybridized carbons (Fsp3) is 0.375. The number of aromatic nitrogens is 1. The normalized spacial score (nSPS) is 11.1. The van der Waals surface area contributed by atoms with Crippen LogP contribution in [0.25, 0.3) is 11.3 Å². The highest BCUT2D eigenvalue weighted by molar-refractivity contribution is 5.67. The van der Waals surface area contributed by atoms with Crippen molar-refractivity contribution in [2.45, 2.75) is 32.9 Å². The molecule has 0 radical (unpaired) electrons. The second kappa shape index (κ2) is 6.51. The first-order valence-corrected chi connectivity index (χ1v) is 6.94. The SMILES string of the molecule is COc1cccc(-c2cc(CNC(=O)OC(C)(C)C)on2)c1. The standard InChI is InChI=1S/C16H20N2O4/c1-16(2,3)21-15(19)17-10-13-9-14(18-22-13)11-6-5-7-12(8-11)20-4/h5-9H,10H2,1-4H3,(H,17,19). The van der Waals surface area contributed by atoms with Crippen LogP contribution in [0.2, 0.25) is 0 Å². The Kier molecular flexibility index (Phi) is 4.70. The van der Waals surface area contributed by atoms with E-state index < -0.39 is 11.7 Å². The second-order valence-corrected chi connectivity index (χ2v) is 5.77. The summed E-state index contributed by atoms with van der Waals surface area (Å²) in [6.45, 7) is 5.64. The van der Waals surface area contributed by atoms with E-state index >= 15 is 0 Å². The number of carbonyl (C=O) groups is 1. The lowest BCUT2D eigenvalue weighted by Crippen LogP contribution is -2.32. The summed E-state index contributed by atoms with van der Waals surface area (Å²) in [5.74, 6) is 1.29. The van der Waals surface area contributed by atoms with Crippen LogP contribution < -0.4 is 10.1 Å². The van der Waals surface area contributed by atoms with Gasteiger partial charge in [0.05, 0.1) is 13.7 Å². The molecule has 0 atom stereocenters. The van der Waals surface area contributed by atoms with Crippen LogP contribution in [0.1, 0.15) is 26.5 Å². The number of hydrogen-bond donors (Lipinski definition) is 1. The molecular weight excluding hydrogens is 284 g/mol. The molecule has 2 aromatic rings. The summed E-state index contributed by atoms with van der Waals surface area (Å²) in [6.07, 6.45) is -0.494. The predicted octanol–water partition coefficient (Wildman–Crippen LogP) is 3.37. The summed E-state index contributed by atoms with van der Waals surface area (Å²) in [6, 6.07) is 9.27. The van der Waals surface area contributed by atoms with Crippen LogP contribution in [-0.4, -0.2) is 24.0 Å². The molecule has 0 unspecified atom stereocenters. The van der Waals surface area contributed by atoms with Crippen molar-refractivity contribution >= 4 is 6.09 Å². The second-order valence-electron chi connectivity index (χ2n) is 5.77. The van der Waals surface area contributed by atoms with Gasteiger partial charge in [0.15, 0.2) is 5.76 Å². The number of hydrogen-bond acceptors (Lipinski definition) is 5. The van der Waals surface area contributed by atoms with E-state index in [0.717, 1.165) is 11.3 Å².